The van der Waals surface area contributed by atoms with Crippen molar-refractivity contribution in [3.8, 4) is 11.5 Å². The number of anilines is 1. The molecule has 30 heavy (non-hydrogen) atoms. The van der Waals surface area contributed by atoms with Crippen molar-refractivity contribution in [2.75, 3.05) is 25.2 Å². The lowest BCUT2D eigenvalue weighted by Gasteiger charge is -2.20. The molecule has 0 spiro atoms. The van der Waals surface area contributed by atoms with Gasteiger partial charge < -0.3 is 19.7 Å². The number of hydrogen-bond acceptors (Lipinski definition) is 4. The van der Waals surface area contributed by atoms with E-state index in [1.54, 1.807) is 17.0 Å². The highest BCUT2D eigenvalue weighted by Gasteiger charge is 2.29. The molecule has 1 fully saturated rings. The Morgan fingerprint density at radius 1 is 1.17 bits per heavy atom. The molecule has 1 heterocycles. The highest BCUT2D eigenvalue weighted by Crippen LogP contribution is 2.30. The van der Waals surface area contributed by atoms with Gasteiger partial charge in [0.15, 0.2) is 18.1 Å². The molecule has 3 rings (SSSR count). The summed E-state index contributed by atoms with van der Waals surface area (Å²) in [6.45, 7) is 1.88. The third-order valence-electron chi connectivity index (χ3n) is 4.99. The largest absolute Gasteiger partial charge is 0.493 e. The Hall–Kier alpha value is -2.74. The molecule has 2 aromatic rings. The Bertz CT molecular complexity index is 886. The molecule has 0 saturated carbocycles. The van der Waals surface area contributed by atoms with Crippen LogP contribution in [0.5, 0.6) is 11.5 Å². The number of carbonyl (C=O) groups is 1. The topological polar surface area (TPSA) is 50.8 Å². The maximum Gasteiger partial charge on any atom is 0.422 e. The van der Waals surface area contributed by atoms with Crippen LogP contribution in [0.1, 0.15) is 36.9 Å². The first-order chi connectivity index (χ1) is 14.3. The minimum Gasteiger partial charge on any atom is -0.493 e. The zero-order chi connectivity index (χ0) is 21.7. The summed E-state index contributed by atoms with van der Waals surface area (Å²) in [7, 11) is 1.39. The number of ether oxygens (including phenoxy) is 2. The van der Waals surface area contributed by atoms with E-state index >= 15 is 0 Å². The number of carbonyl (C=O) groups excluding carboxylic acids is 1. The van der Waals surface area contributed by atoms with Gasteiger partial charge in [0.05, 0.1) is 7.11 Å². The van der Waals surface area contributed by atoms with Crippen molar-refractivity contribution in [3.05, 3.63) is 53.6 Å². The number of nitrogens with zero attached hydrogens (tertiary/aromatic N) is 1. The fourth-order valence-electron chi connectivity index (χ4n) is 3.37. The standard InChI is InChI=1S/C22H25F3N2O3/c1-15(17-5-3-6-18(12-17)27-10-4-7-21(27)28)26-13-16-8-9-19(20(11-16)29-2)30-14-22(23,24)25/h3,5-6,8-9,11-12,15,26H,4,7,10,13-14H2,1-2H3. The number of nitrogens with one attached hydrogen (secondary N) is 1. The first-order valence-electron chi connectivity index (χ1n) is 9.77. The van der Waals surface area contributed by atoms with Crippen molar-refractivity contribution in [2.24, 2.45) is 0 Å². The van der Waals surface area contributed by atoms with Crippen LogP contribution in [0.25, 0.3) is 0 Å². The van der Waals surface area contributed by atoms with Crippen molar-refractivity contribution >= 4 is 11.6 Å². The van der Waals surface area contributed by atoms with Gasteiger partial charge in [-0.1, -0.05) is 18.2 Å². The van der Waals surface area contributed by atoms with Crippen LogP contribution >= 0.6 is 0 Å². The molecule has 1 amide bonds. The van der Waals surface area contributed by atoms with Gasteiger partial charge in [0.2, 0.25) is 5.91 Å². The molecule has 0 aromatic heterocycles. The quantitative estimate of drug-likeness (QED) is 0.675. The Morgan fingerprint density at radius 3 is 2.63 bits per heavy atom. The Morgan fingerprint density at radius 2 is 1.97 bits per heavy atom. The average Bonchev–Trinajstić information content (AvgIpc) is 3.16. The number of hydrogen-bond donors (Lipinski definition) is 1. The molecule has 5 nitrogen and oxygen atoms in total. The summed E-state index contributed by atoms with van der Waals surface area (Å²) in [6.07, 6.45) is -2.95. The third-order valence-corrected chi connectivity index (χ3v) is 4.99. The molecule has 162 valence electrons. The number of rotatable bonds is 8. The zero-order valence-electron chi connectivity index (χ0n) is 17.0. The van der Waals surface area contributed by atoms with Gasteiger partial charge in [-0.25, -0.2) is 0 Å². The molecule has 1 N–H and O–H groups in total. The second kappa shape index (κ2) is 9.38. The van der Waals surface area contributed by atoms with Gasteiger partial charge in [-0.05, 0) is 48.7 Å². The van der Waals surface area contributed by atoms with Crippen LogP contribution in [0.4, 0.5) is 18.9 Å². The van der Waals surface area contributed by atoms with E-state index in [0.29, 0.717) is 13.0 Å². The summed E-state index contributed by atoms with van der Waals surface area (Å²) in [5.41, 5.74) is 2.80. The number of alkyl halides is 3. The number of benzene rings is 2. The molecule has 0 bridgehead atoms. The van der Waals surface area contributed by atoms with Gasteiger partial charge in [-0.15, -0.1) is 0 Å². The minimum atomic E-state index is -4.41. The van der Waals surface area contributed by atoms with E-state index in [2.05, 4.69) is 5.32 Å². The Labute approximate surface area is 173 Å². The Balaban J connectivity index is 1.63. The van der Waals surface area contributed by atoms with Crippen molar-refractivity contribution in [3.63, 3.8) is 0 Å². The first kappa shape index (κ1) is 22.0. The highest BCUT2D eigenvalue weighted by atomic mass is 19.4. The first-order valence-corrected chi connectivity index (χ1v) is 9.77. The van der Waals surface area contributed by atoms with E-state index in [1.807, 2.05) is 31.2 Å². The summed E-state index contributed by atoms with van der Waals surface area (Å²) < 4.78 is 47.1. The SMILES string of the molecule is COc1cc(CNC(C)c2cccc(N3CCCC3=O)c2)ccc1OCC(F)(F)F. The van der Waals surface area contributed by atoms with Crippen LogP contribution in [-0.4, -0.2) is 32.3 Å². The van der Waals surface area contributed by atoms with Gasteiger partial charge in [0.25, 0.3) is 0 Å². The fourth-order valence-corrected chi connectivity index (χ4v) is 3.37. The molecule has 8 heteroatoms. The third kappa shape index (κ3) is 5.66. The van der Waals surface area contributed by atoms with E-state index in [9.17, 15) is 18.0 Å². The predicted molar refractivity (Wildman–Crippen MR) is 108 cm³/mol. The monoisotopic (exact) mass is 422 g/mol. The van der Waals surface area contributed by atoms with E-state index in [4.69, 9.17) is 9.47 Å². The van der Waals surface area contributed by atoms with E-state index in [1.165, 1.54) is 13.2 Å². The van der Waals surface area contributed by atoms with Crippen LogP contribution in [0.2, 0.25) is 0 Å². The normalized spacial score (nSPS) is 15.4. The summed E-state index contributed by atoms with van der Waals surface area (Å²) in [5, 5.41) is 3.39. The molecular formula is C22H25F3N2O3. The average molecular weight is 422 g/mol. The van der Waals surface area contributed by atoms with Gasteiger partial charge >= 0.3 is 6.18 Å². The smallest absolute Gasteiger partial charge is 0.422 e. The van der Waals surface area contributed by atoms with Crippen LogP contribution in [0, 0.1) is 0 Å². The molecule has 0 radical (unpaired) electrons. The lowest BCUT2D eigenvalue weighted by Crippen LogP contribution is -2.24. The van der Waals surface area contributed by atoms with Crippen molar-refractivity contribution in [1.29, 1.82) is 0 Å². The molecule has 2 aromatic carbocycles. The maximum absolute atomic E-state index is 12.4. The van der Waals surface area contributed by atoms with Crippen molar-refractivity contribution in [1.82, 2.24) is 5.32 Å². The number of amides is 1. The number of halogens is 3. The Kier molecular flexibility index (Phi) is 6.87. The second-order valence-electron chi connectivity index (χ2n) is 7.24. The predicted octanol–water partition coefficient (Wildman–Crippen LogP) is 4.61. The van der Waals surface area contributed by atoms with Gasteiger partial charge in [-0.3, -0.25) is 4.79 Å². The van der Waals surface area contributed by atoms with Crippen molar-refractivity contribution < 1.29 is 27.4 Å². The van der Waals surface area contributed by atoms with Gasteiger partial charge in [-0.2, -0.15) is 13.2 Å². The second-order valence-corrected chi connectivity index (χ2v) is 7.24. The highest BCUT2D eigenvalue weighted by molar-refractivity contribution is 5.95. The lowest BCUT2D eigenvalue weighted by atomic mass is 10.1. The van der Waals surface area contributed by atoms with Gasteiger partial charge in [0.1, 0.15) is 0 Å². The minimum absolute atomic E-state index is 0.00908. The molecule has 1 atom stereocenters. The lowest BCUT2D eigenvalue weighted by molar-refractivity contribution is -0.153. The maximum atomic E-state index is 12.4. The van der Waals surface area contributed by atoms with Crippen LogP contribution in [0.3, 0.4) is 0 Å². The van der Waals surface area contributed by atoms with E-state index < -0.39 is 12.8 Å². The van der Waals surface area contributed by atoms with Crippen molar-refractivity contribution in [2.45, 2.75) is 38.5 Å². The van der Waals surface area contributed by atoms with Gasteiger partial charge in [0, 0.05) is 31.2 Å². The molecular weight excluding hydrogens is 397 g/mol. The molecule has 0 aliphatic carbocycles. The van der Waals surface area contributed by atoms with Crippen LogP contribution in [0.15, 0.2) is 42.5 Å². The molecule has 1 aliphatic heterocycles. The zero-order valence-corrected chi connectivity index (χ0v) is 17.0. The molecule has 1 unspecified atom stereocenters. The van der Waals surface area contributed by atoms with E-state index in [-0.39, 0.29) is 23.4 Å². The summed E-state index contributed by atoms with van der Waals surface area (Å²) in [4.78, 5) is 13.8. The van der Waals surface area contributed by atoms with E-state index in [0.717, 1.165) is 29.8 Å². The van der Waals surface area contributed by atoms with Crippen LogP contribution < -0.4 is 19.7 Å². The van der Waals surface area contributed by atoms with Crippen LogP contribution in [-0.2, 0) is 11.3 Å². The summed E-state index contributed by atoms with van der Waals surface area (Å²) >= 11 is 0. The fraction of sp³-hybridized carbons (Fsp3) is 0.409. The molecule has 1 saturated heterocycles. The summed E-state index contributed by atoms with van der Waals surface area (Å²) in [5.74, 6) is 0.447. The summed E-state index contributed by atoms with van der Waals surface area (Å²) in [6, 6.07) is 12.7. The number of methoxy groups -OCH3 is 1. The molecule has 1 aliphatic rings.